The highest BCUT2D eigenvalue weighted by molar-refractivity contribution is 7.98. The number of nitrogens with one attached hydrogen (secondary N) is 1. The molecule has 0 aliphatic carbocycles. The normalized spacial score (nSPS) is 15.8. The highest BCUT2D eigenvalue weighted by Crippen LogP contribution is 2.27. The fourth-order valence-corrected chi connectivity index (χ4v) is 5.10. The molecule has 2 aromatic heterocycles. The van der Waals surface area contributed by atoms with Gasteiger partial charge in [-0.05, 0) is 87.5 Å². The van der Waals surface area contributed by atoms with Crippen LogP contribution in [0.3, 0.4) is 0 Å². The second-order valence-corrected chi connectivity index (χ2v) is 9.81. The van der Waals surface area contributed by atoms with Crippen molar-refractivity contribution in [1.29, 1.82) is 0 Å². The van der Waals surface area contributed by atoms with Crippen LogP contribution in [0.2, 0.25) is 0 Å². The van der Waals surface area contributed by atoms with Crippen molar-refractivity contribution in [2.75, 3.05) is 37.4 Å². The average Bonchev–Trinajstić information content (AvgIpc) is 3.28. The van der Waals surface area contributed by atoms with Gasteiger partial charge in [-0.2, -0.15) is 0 Å². The SMILES string of the molecule is Cc1cc(C)cc(NC(=O)c2cccnc2SCc2ccnc(N3CCC(N(C)C)C3)c2)c1. The van der Waals surface area contributed by atoms with E-state index < -0.39 is 0 Å². The zero-order valence-corrected chi connectivity index (χ0v) is 20.5. The van der Waals surface area contributed by atoms with Crippen LogP contribution >= 0.6 is 11.8 Å². The first kappa shape index (κ1) is 23.3. The standard InChI is InChI=1S/C26H31N5OS/c1-18-12-19(2)14-21(13-18)29-25(32)23-6-5-9-28-26(23)33-17-20-7-10-27-24(15-20)31-11-8-22(16-31)30(3)4/h5-7,9-10,12-15,22H,8,11,16-17H2,1-4H3,(H,29,32). The molecule has 7 heteroatoms. The minimum Gasteiger partial charge on any atom is -0.355 e. The molecule has 1 saturated heterocycles. The predicted octanol–water partition coefficient (Wildman–Crippen LogP) is 4.78. The van der Waals surface area contributed by atoms with E-state index in [1.165, 1.54) is 5.56 Å². The molecule has 1 fully saturated rings. The van der Waals surface area contributed by atoms with E-state index in [0.29, 0.717) is 11.6 Å². The molecular weight excluding hydrogens is 430 g/mol. The number of pyridine rings is 2. The van der Waals surface area contributed by atoms with Crippen molar-refractivity contribution in [1.82, 2.24) is 14.9 Å². The highest BCUT2D eigenvalue weighted by atomic mass is 32.2. The number of aryl methyl sites for hydroxylation is 2. The van der Waals surface area contributed by atoms with Crippen LogP contribution in [0, 0.1) is 13.8 Å². The van der Waals surface area contributed by atoms with Crippen molar-refractivity contribution in [2.24, 2.45) is 0 Å². The molecule has 1 aliphatic heterocycles. The van der Waals surface area contributed by atoms with Gasteiger partial charge in [-0.3, -0.25) is 4.79 Å². The number of hydrogen-bond donors (Lipinski definition) is 1. The lowest BCUT2D eigenvalue weighted by Gasteiger charge is -2.21. The molecule has 1 amide bonds. The number of thioether (sulfide) groups is 1. The van der Waals surface area contributed by atoms with E-state index in [2.05, 4.69) is 51.3 Å². The zero-order valence-electron chi connectivity index (χ0n) is 19.7. The molecule has 0 radical (unpaired) electrons. The van der Waals surface area contributed by atoms with Gasteiger partial charge in [0.25, 0.3) is 5.91 Å². The fourth-order valence-electron chi connectivity index (χ4n) is 4.17. The Morgan fingerprint density at radius 1 is 1.12 bits per heavy atom. The number of carbonyl (C=O) groups excluding carboxylic acids is 1. The van der Waals surface area contributed by atoms with Crippen molar-refractivity contribution in [3.05, 3.63) is 77.1 Å². The molecule has 1 aromatic carbocycles. The van der Waals surface area contributed by atoms with Crippen molar-refractivity contribution < 1.29 is 4.79 Å². The Bertz CT molecular complexity index is 1110. The summed E-state index contributed by atoms with van der Waals surface area (Å²) in [5, 5.41) is 3.75. The molecule has 3 heterocycles. The smallest absolute Gasteiger partial charge is 0.258 e. The summed E-state index contributed by atoms with van der Waals surface area (Å²) in [5.74, 6) is 1.60. The van der Waals surface area contributed by atoms with Crippen LogP contribution in [0.5, 0.6) is 0 Å². The summed E-state index contributed by atoms with van der Waals surface area (Å²) >= 11 is 1.58. The van der Waals surface area contributed by atoms with E-state index in [1.807, 2.05) is 44.3 Å². The molecule has 0 spiro atoms. The Hall–Kier alpha value is -2.90. The Morgan fingerprint density at radius 3 is 2.64 bits per heavy atom. The minimum atomic E-state index is -0.141. The van der Waals surface area contributed by atoms with Crippen molar-refractivity contribution in [3.63, 3.8) is 0 Å². The summed E-state index contributed by atoms with van der Waals surface area (Å²) in [5.41, 5.74) is 4.80. The van der Waals surface area contributed by atoms with Crippen LogP contribution < -0.4 is 10.2 Å². The molecule has 0 saturated carbocycles. The first-order chi connectivity index (χ1) is 15.9. The lowest BCUT2D eigenvalue weighted by molar-refractivity contribution is 0.102. The average molecular weight is 462 g/mol. The van der Waals surface area contributed by atoms with Crippen molar-refractivity contribution in [2.45, 2.75) is 37.1 Å². The second-order valence-electron chi connectivity index (χ2n) is 8.85. The van der Waals surface area contributed by atoms with Gasteiger partial charge in [0.2, 0.25) is 0 Å². The Morgan fingerprint density at radius 2 is 1.91 bits per heavy atom. The molecular formula is C26H31N5OS. The lowest BCUT2D eigenvalue weighted by Crippen LogP contribution is -2.31. The third kappa shape index (κ3) is 5.92. The van der Waals surface area contributed by atoms with Crippen LogP contribution in [-0.2, 0) is 5.75 Å². The largest absolute Gasteiger partial charge is 0.355 e. The van der Waals surface area contributed by atoms with Crippen LogP contribution in [0.25, 0.3) is 0 Å². The second kappa shape index (κ2) is 10.4. The van der Waals surface area contributed by atoms with Crippen molar-refractivity contribution in [3.8, 4) is 0 Å². The maximum atomic E-state index is 13.0. The van der Waals surface area contributed by atoms with E-state index in [9.17, 15) is 4.79 Å². The summed E-state index contributed by atoms with van der Waals surface area (Å²) in [6.45, 7) is 6.08. The maximum Gasteiger partial charge on any atom is 0.258 e. The number of nitrogens with zero attached hydrogens (tertiary/aromatic N) is 4. The molecule has 1 N–H and O–H groups in total. The number of hydrogen-bond acceptors (Lipinski definition) is 6. The number of benzene rings is 1. The minimum absolute atomic E-state index is 0.141. The van der Waals surface area contributed by atoms with Gasteiger partial charge in [-0.1, -0.05) is 6.07 Å². The van der Waals surface area contributed by atoms with Gasteiger partial charge in [0.1, 0.15) is 10.8 Å². The molecule has 1 aliphatic rings. The predicted molar refractivity (Wildman–Crippen MR) is 136 cm³/mol. The lowest BCUT2D eigenvalue weighted by atomic mass is 10.1. The number of rotatable bonds is 7. The molecule has 6 nitrogen and oxygen atoms in total. The number of anilines is 2. The van der Waals surface area contributed by atoms with Gasteiger partial charge in [0, 0.05) is 43.0 Å². The number of amides is 1. The van der Waals surface area contributed by atoms with Gasteiger partial charge < -0.3 is 15.1 Å². The quantitative estimate of drug-likeness (QED) is 0.511. The van der Waals surface area contributed by atoms with Crippen LogP contribution in [0.15, 0.2) is 59.9 Å². The zero-order chi connectivity index (χ0) is 23.4. The van der Waals surface area contributed by atoms with Gasteiger partial charge in [0.05, 0.1) is 5.56 Å². The monoisotopic (exact) mass is 461 g/mol. The first-order valence-corrected chi connectivity index (χ1v) is 12.2. The van der Waals surface area contributed by atoms with E-state index in [-0.39, 0.29) is 5.91 Å². The summed E-state index contributed by atoms with van der Waals surface area (Å²) in [7, 11) is 4.27. The molecule has 172 valence electrons. The molecule has 0 bridgehead atoms. The van der Waals surface area contributed by atoms with Gasteiger partial charge in [0.15, 0.2) is 0 Å². The third-order valence-corrected chi connectivity index (χ3v) is 6.97. The summed E-state index contributed by atoms with van der Waals surface area (Å²) < 4.78 is 0. The molecule has 3 aromatic rings. The van der Waals surface area contributed by atoms with Crippen LogP contribution in [-0.4, -0.2) is 54.0 Å². The van der Waals surface area contributed by atoms with E-state index in [0.717, 1.165) is 52.9 Å². The molecule has 1 unspecified atom stereocenters. The number of carbonyl (C=O) groups is 1. The van der Waals surface area contributed by atoms with Crippen LogP contribution in [0.4, 0.5) is 11.5 Å². The Balaban J connectivity index is 1.44. The van der Waals surface area contributed by atoms with Gasteiger partial charge in [-0.25, -0.2) is 9.97 Å². The van der Waals surface area contributed by atoms with E-state index in [1.54, 1.807) is 24.0 Å². The molecule has 4 rings (SSSR count). The maximum absolute atomic E-state index is 13.0. The topological polar surface area (TPSA) is 61.4 Å². The third-order valence-electron chi connectivity index (χ3n) is 5.90. The van der Waals surface area contributed by atoms with E-state index >= 15 is 0 Å². The summed E-state index contributed by atoms with van der Waals surface area (Å²) in [4.78, 5) is 26.7. The molecule has 33 heavy (non-hydrogen) atoms. The van der Waals surface area contributed by atoms with Crippen molar-refractivity contribution >= 4 is 29.2 Å². The van der Waals surface area contributed by atoms with Crippen LogP contribution in [0.1, 0.15) is 33.5 Å². The molecule has 1 atom stereocenters. The Kier molecular flexibility index (Phi) is 7.30. The fraction of sp³-hybridized carbons (Fsp3) is 0.346. The Labute approximate surface area is 200 Å². The number of aromatic nitrogens is 2. The van der Waals surface area contributed by atoms with Gasteiger partial charge in [-0.15, -0.1) is 11.8 Å². The highest BCUT2D eigenvalue weighted by Gasteiger charge is 2.25. The first-order valence-electron chi connectivity index (χ1n) is 11.2. The van der Waals surface area contributed by atoms with Gasteiger partial charge >= 0.3 is 0 Å². The summed E-state index contributed by atoms with van der Waals surface area (Å²) in [6.07, 6.45) is 4.76. The summed E-state index contributed by atoms with van der Waals surface area (Å²) in [6, 6.07) is 14.4. The number of likely N-dealkylation sites (N-methyl/N-ethyl adjacent to an activating group) is 1. The van der Waals surface area contributed by atoms with E-state index in [4.69, 9.17) is 0 Å².